The molecule has 0 bridgehead atoms. The number of rotatable bonds is 2. The summed E-state index contributed by atoms with van der Waals surface area (Å²) in [5.41, 5.74) is 5.31. The SMILES string of the molecule is CC(C)Oc1nc(N)nc(Cl)n1. The van der Waals surface area contributed by atoms with Crippen molar-refractivity contribution in [3.63, 3.8) is 0 Å². The van der Waals surface area contributed by atoms with Gasteiger partial charge in [-0.05, 0) is 25.4 Å². The standard InChI is InChI=1S/C6H9ClN4O/c1-3(2)12-6-10-4(7)9-5(8)11-6/h3H,1-2H3,(H2,8,9,10,11). The first kappa shape index (κ1) is 8.99. The average Bonchev–Trinajstić information content (AvgIpc) is 1.81. The molecule has 0 aliphatic carbocycles. The molecule has 1 aromatic heterocycles. The highest BCUT2D eigenvalue weighted by Crippen LogP contribution is 2.09. The fourth-order valence-electron chi connectivity index (χ4n) is 0.610. The van der Waals surface area contributed by atoms with Gasteiger partial charge >= 0.3 is 6.01 Å². The monoisotopic (exact) mass is 188 g/mol. The van der Waals surface area contributed by atoms with Gasteiger partial charge in [0.15, 0.2) is 0 Å². The summed E-state index contributed by atoms with van der Waals surface area (Å²) in [7, 11) is 0. The van der Waals surface area contributed by atoms with E-state index in [2.05, 4.69) is 15.0 Å². The lowest BCUT2D eigenvalue weighted by atomic mass is 10.5. The van der Waals surface area contributed by atoms with E-state index in [1.807, 2.05) is 13.8 Å². The van der Waals surface area contributed by atoms with Crippen molar-refractivity contribution in [1.29, 1.82) is 0 Å². The molecule has 0 aromatic carbocycles. The van der Waals surface area contributed by atoms with Gasteiger partial charge in [-0.3, -0.25) is 0 Å². The molecule has 2 N–H and O–H groups in total. The Kier molecular flexibility index (Phi) is 2.65. The van der Waals surface area contributed by atoms with E-state index in [1.54, 1.807) is 0 Å². The van der Waals surface area contributed by atoms with Crippen molar-refractivity contribution < 1.29 is 4.74 Å². The topological polar surface area (TPSA) is 73.9 Å². The number of nitrogens with zero attached hydrogens (tertiary/aromatic N) is 3. The van der Waals surface area contributed by atoms with Crippen LogP contribution < -0.4 is 10.5 Å². The van der Waals surface area contributed by atoms with Crippen molar-refractivity contribution in [1.82, 2.24) is 15.0 Å². The Morgan fingerprint density at radius 3 is 2.50 bits per heavy atom. The number of aromatic nitrogens is 3. The predicted octanol–water partition coefficient (Wildman–Crippen LogP) is 0.894. The number of ether oxygens (including phenoxy) is 1. The minimum absolute atomic E-state index is 0.0112. The Bertz CT molecular complexity index is 258. The van der Waals surface area contributed by atoms with Crippen molar-refractivity contribution in [2.24, 2.45) is 0 Å². The van der Waals surface area contributed by atoms with E-state index in [9.17, 15) is 0 Å². The zero-order chi connectivity index (χ0) is 9.14. The first-order valence-electron chi connectivity index (χ1n) is 3.41. The zero-order valence-electron chi connectivity index (χ0n) is 6.78. The summed E-state index contributed by atoms with van der Waals surface area (Å²) in [5.74, 6) is 0.0608. The van der Waals surface area contributed by atoms with Crippen molar-refractivity contribution >= 4 is 17.5 Å². The summed E-state index contributed by atoms with van der Waals surface area (Å²) in [6.07, 6.45) is -0.0112. The van der Waals surface area contributed by atoms with Crippen LogP contribution in [-0.4, -0.2) is 21.1 Å². The Hall–Kier alpha value is -1.10. The van der Waals surface area contributed by atoms with Gasteiger partial charge in [0.1, 0.15) is 0 Å². The summed E-state index contributed by atoms with van der Waals surface area (Å²) in [5, 5.41) is 0.0400. The van der Waals surface area contributed by atoms with Gasteiger partial charge in [0.05, 0.1) is 6.10 Å². The third-order valence-corrected chi connectivity index (χ3v) is 1.12. The van der Waals surface area contributed by atoms with Crippen LogP contribution in [0.5, 0.6) is 6.01 Å². The number of hydrogen-bond acceptors (Lipinski definition) is 5. The first-order valence-corrected chi connectivity index (χ1v) is 3.79. The maximum atomic E-state index is 5.51. The smallest absolute Gasteiger partial charge is 0.322 e. The van der Waals surface area contributed by atoms with Crippen LogP contribution in [0.15, 0.2) is 0 Å². The second kappa shape index (κ2) is 3.53. The number of nitrogen functional groups attached to an aromatic ring is 1. The predicted molar refractivity (Wildman–Crippen MR) is 45.0 cm³/mol. The zero-order valence-corrected chi connectivity index (χ0v) is 7.54. The second-order valence-corrected chi connectivity index (χ2v) is 2.75. The average molecular weight is 189 g/mol. The molecular formula is C6H9ClN4O. The lowest BCUT2D eigenvalue weighted by Gasteiger charge is -2.06. The summed E-state index contributed by atoms with van der Waals surface area (Å²) < 4.78 is 5.15. The third kappa shape index (κ3) is 2.50. The molecule has 0 atom stereocenters. The molecule has 1 rings (SSSR count). The lowest BCUT2D eigenvalue weighted by molar-refractivity contribution is 0.222. The first-order chi connectivity index (χ1) is 5.58. The summed E-state index contributed by atoms with van der Waals surface area (Å²) in [6, 6.07) is 0.155. The molecule has 0 spiro atoms. The molecule has 0 aliphatic heterocycles. The summed E-state index contributed by atoms with van der Waals surface area (Å²) in [4.78, 5) is 11.0. The maximum Gasteiger partial charge on any atom is 0.322 e. The third-order valence-electron chi connectivity index (χ3n) is 0.946. The van der Waals surface area contributed by atoms with Crippen molar-refractivity contribution in [3.05, 3.63) is 5.28 Å². The van der Waals surface area contributed by atoms with Crippen LogP contribution in [0.1, 0.15) is 13.8 Å². The lowest BCUT2D eigenvalue weighted by Crippen LogP contribution is -2.10. The summed E-state index contributed by atoms with van der Waals surface area (Å²) in [6.45, 7) is 3.71. The van der Waals surface area contributed by atoms with E-state index in [1.165, 1.54) is 0 Å². The largest absolute Gasteiger partial charge is 0.461 e. The normalized spacial score (nSPS) is 10.3. The minimum atomic E-state index is -0.0112. The Morgan fingerprint density at radius 2 is 2.00 bits per heavy atom. The van der Waals surface area contributed by atoms with Crippen LogP contribution in [0.4, 0.5) is 5.95 Å². The van der Waals surface area contributed by atoms with E-state index in [0.717, 1.165) is 0 Å². The molecule has 66 valence electrons. The number of anilines is 1. The van der Waals surface area contributed by atoms with Crippen molar-refractivity contribution in [3.8, 4) is 6.01 Å². The van der Waals surface area contributed by atoms with Gasteiger partial charge in [0.2, 0.25) is 11.2 Å². The summed E-state index contributed by atoms with van der Waals surface area (Å²) >= 11 is 5.51. The molecule has 0 amide bonds. The van der Waals surface area contributed by atoms with Gasteiger partial charge in [-0.25, -0.2) is 0 Å². The van der Waals surface area contributed by atoms with E-state index in [4.69, 9.17) is 22.1 Å². The van der Waals surface area contributed by atoms with Gasteiger partial charge in [0.25, 0.3) is 0 Å². The molecule has 1 aromatic rings. The van der Waals surface area contributed by atoms with E-state index in [0.29, 0.717) is 0 Å². The highest BCUT2D eigenvalue weighted by molar-refractivity contribution is 6.28. The highest BCUT2D eigenvalue weighted by atomic mass is 35.5. The number of halogens is 1. The van der Waals surface area contributed by atoms with Gasteiger partial charge in [0, 0.05) is 0 Å². The van der Waals surface area contributed by atoms with E-state index < -0.39 is 0 Å². The molecule has 0 radical (unpaired) electrons. The van der Waals surface area contributed by atoms with Gasteiger partial charge in [-0.15, -0.1) is 0 Å². The Labute approximate surface area is 74.9 Å². The van der Waals surface area contributed by atoms with Crippen molar-refractivity contribution in [2.75, 3.05) is 5.73 Å². The highest BCUT2D eigenvalue weighted by Gasteiger charge is 2.04. The molecule has 6 heteroatoms. The molecule has 0 saturated carbocycles. The van der Waals surface area contributed by atoms with Crippen LogP contribution in [0.2, 0.25) is 5.28 Å². The minimum Gasteiger partial charge on any atom is -0.461 e. The molecule has 0 saturated heterocycles. The molecule has 0 fully saturated rings. The number of hydrogen-bond donors (Lipinski definition) is 1. The quantitative estimate of drug-likeness (QED) is 0.746. The fourth-order valence-corrected chi connectivity index (χ4v) is 0.769. The van der Waals surface area contributed by atoms with E-state index >= 15 is 0 Å². The maximum absolute atomic E-state index is 5.51. The molecular weight excluding hydrogens is 180 g/mol. The Balaban J connectivity index is 2.85. The molecule has 0 unspecified atom stereocenters. The molecule has 5 nitrogen and oxygen atoms in total. The van der Waals surface area contributed by atoms with Crippen LogP contribution in [0, 0.1) is 0 Å². The fraction of sp³-hybridized carbons (Fsp3) is 0.500. The molecule has 0 aliphatic rings. The van der Waals surface area contributed by atoms with Crippen LogP contribution in [0.3, 0.4) is 0 Å². The van der Waals surface area contributed by atoms with Crippen LogP contribution in [-0.2, 0) is 0 Å². The van der Waals surface area contributed by atoms with Gasteiger partial charge < -0.3 is 10.5 Å². The van der Waals surface area contributed by atoms with Gasteiger partial charge in [-0.1, -0.05) is 0 Å². The molecule has 1 heterocycles. The number of nitrogens with two attached hydrogens (primary N) is 1. The molecule has 12 heavy (non-hydrogen) atoms. The van der Waals surface area contributed by atoms with E-state index in [-0.39, 0.29) is 23.3 Å². The van der Waals surface area contributed by atoms with Crippen LogP contribution in [0.25, 0.3) is 0 Å². The van der Waals surface area contributed by atoms with Crippen LogP contribution >= 0.6 is 11.6 Å². The second-order valence-electron chi connectivity index (χ2n) is 2.41. The Morgan fingerprint density at radius 1 is 1.33 bits per heavy atom. The van der Waals surface area contributed by atoms with Crippen molar-refractivity contribution in [2.45, 2.75) is 20.0 Å². The van der Waals surface area contributed by atoms with Gasteiger partial charge in [-0.2, -0.15) is 15.0 Å².